The quantitative estimate of drug-likeness (QED) is 0.0395. The van der Waals surface area contributed by atoms with Crippen molar-refractivity contribution in [3.63, 3.8) is 0 Å². The lowest BCUT2D eigenvalue weighted by Gasteiger charge is -2.36. The normalized spacial score (nSPS) is 17.6. The molecule has 1 fully saturated rings. The summed E-state index contributed by atoms with van der Waals surface area (Å²) in [6.07, 6.45) is 29.8. The summed E-state index contributed by atoms with van der Waals surface area (Å²) in [4.78, 5) is 39.1. The summed E-state index contributed by atoms with van der Waals surface area (Å²) in [5, 5.41) is 0.266. The highest BCUT2D eigenvalue weighted by Gasteiger charge is 2.34. The Balaban J connectivity index is 1.65. The van der Waals surface area contributed by atoms with Crippen molar-refractivity contribution in [2.75, 3.05) is 27.0 Å². The van der Waals surface area contributed by atoms with Crippen molar-refractivity contribution in [1.82, 2.24) is 4.90 Å². The molecule has 0 saturated carbocycles. The maximum atomic E-state index is 12.7. The minimum Gasteiger partial charge on any atom is -0.468 e. The number of esters is 3. The molecule has 0 N–H and O–H groups in total. The van der Waals surface area contributed by atoms with Gasteiger partial charge in [0.15, 0.2) is 0 Å². The van der Waals surface area contributed by atoms with Crippen LogP contribution in [0.1, 0.15) is 76.3 Å². The van der Waals surface area contributed by atoms with Crippen molar-refractivity contribution in [1.29, 1.82) is 0 Å². The monoisotopic (exact) mass is 669 g/mol. The average Bonchev–Trinajstić information content (AvgIpc) is 3.04. The first-order valence-electron chi connectivity index (χ1n) is 15.9. The number of nitrogens with zero attached hydrogens (tertiary/aromatic N) is 1. The summed E-state index contributed by atoms with van der Waals surface area (Å²) < 4.78 is 15.2. The molecule has 0 aromatic heterocycles. The summed E-state index contributed by atoms with van der Waals surface area (Å²) in [5.74, 6) is -1.51. The van der Waals surface area contributed by atoms with Crippen molar-refractivity contribution < 1.29 is 28.6 Å². The van der Waals surface area contributed by atoms with E-state index in [1.165, 1.54) is 13.2 Å². The Bertz CT molecular complexity index is 1270. The van der Waals surface area contributed by atoms with Gasteiger partial charge >= 0.3 is 17.9 Å². The Morgan fingerprint density at radius 3 is 2.15 bits per heavy atom. The van der Waals surface area contributed by atoms with Gasteiger partial charge < -0.3 is 14.2 Å². The van der Waals surface area contributed by atoms with Crippen molar-refractivity contribution in [2.45, 2.75) is 76.0 Å². The molecule has 1 aromatic rings. The zero-order valence-electron chi connectivity index (χ0n) is 27.0. The molecular weight excluding hydrogens is 622 g/mol. The molecule has 0 amide bonds. The van der Waals surface area contributed by atoms with E-state index in [4.69, 9.17) is 25.8 Å². The van der Waals surface area contributed by atoms with E-state index in [1.54, 1.807) is 18.2 Å². The molecule has 1 aliphatic rings. The highest BCUT2D eigenvalue weighted by molar-refractivity contribution is 7.81. The van der Waals surface area contributed by atoms with Crippen LogP contribution in [0.15, 0.2) is 96.7 Å². The van der Waals surface area contributed by atoms with Gasteiger partial charge in [-0.1, -0.05) is 97.5 Å². The standard InChI is InChI=1S/C37H48ClNO6S/c1-3-4-5-6-7-8-9-10-11-12-13-14-15-16-17-18-19-24-34(40)44-29-45-35(41)27-30-28-39(26-25-33(30)46)36(37(42)43-2)31-22-20-21-23-32(31)38/h4-5,7-8,10-11,13-14,16-17,20-23,27,33,36,46H,3,6,9,12,15,18-19,24-26,28-29H2,1-2H3/b5-4-,8-7-,11-10-,14-13-,17-16-,30-27-/t33?,36-/m0/s1. The molecular formula is C37H48ClNO6S. The Morgan fingerprint density at radius 2 is 1.54 bits per heavy atom. The second-order valence-electron chi connectivity index (χ2n) is 10.6. The van der Waals surface area contributed by atoms with E-state index in [-0.39, 0.29) is 11.7 Å². The number of carbonyl (C=O) groups excluding carboxylic acids is 3. The Hall–Kier alpha value is -3.33. The van der Waals surface area contributed by atoms with Gasteiger partial charge in [0.25, 0.3) is 0 Å². The largest absolute Gasteiger partial charge is 0.468 e. The minimum atomic E-state index is -0.727. The summed E-state index contributed by atoms with van der Waals surface area (Å²) in [6, 6.07) is 6.38. The lowest BCUT2D eigenvalue weighted by atomic mass is 9.98. The summed E-state index contributed by atoms with van der Waals surface area (Å²) in [5.41, 5.74) is 1.31. The number of likely N-dealkylation sites (tertiary alicyclic amines) is 1. The molecule has 0 spiro atoms. The van der Waals surface area contributed by atoms with Crippen LogP contribution in [0, 0.1) is 0 Å². The summed E-state index contributed by atoms with van der Waals surface area (Å²) in [7, 11) is 1.33. The molecule has 1 unspecified atom stereocenters. The fraction of sp³-hybridized carbons (Fsp3) is 0.432. The number of unbranched alkanes of at least 4 members (excludes halogenated alkanes) is 1. The average molecular weight is 670 g/mol. The number of allylic oxidation sites excluding steroid dienone is 10. The number of halogens is 1. The van der Waals surface area contributed by atoms with Crippen LogP contribution >= 0.6 is 24.2 Å². The van der Waals surface area contributed by atoms with Crippen LogP contribution in [0.4, 0.5) is 0 Å². The van der Waals surface area contributed by atoms with Gasteiger partial charge in [0.1, 0.15) is 6.04 Å². The molecule has 0 bridgehead atoms. The Morgan fingerprint density at radius 1 is 0.935 bits per heavy atom. The Kier molecular flexibility index (Phi) is 20.2. The van der Waals surface area contributed by atoms with E-state index in [0.717, 1.165) is 38.5 Å². The van der Waals surface area contributed by atoms with Gasteiger partial charge in [0.2, 0.25) is 6.79 Å². The number of piperidine rings is 1. The van der Waals surface area contributed by atoms with E-state index < -0.39 is 30.7 Å². The van der Waals surface area contributed by atoms with Crippen molar-refractivity contribution in [3.8, 4) is 0 Å². The minimum absolute atomic E-state index is 0.188. The first kappa shape index (κ1) is 38.9. The lowest BCUT2D eigenvalue weighted by Crippen LogP contribution is -2.42. The van der Waals surface area contributed by atoms with Crippen LogP contribution in [-0.4, -0.2) is 55.1 Å². The first-order chi connectivity index (χ1) is 22.4. The third-order valence-electron chi connectivity index (χ3n) is 7.13. The van der Waals surface area contributed by atoms with E-state index in [0.29, 0.717) is 42.1 Å². The molecule has 0 radical (unpaired) electrons. The number of methoxy groups -OCH3 is 1. The summed E-state index contributed by atoms with van der Waals surface area (Å²) in [6.45, 7) is 2.53. The van der Waals surface area contributed by atoms with E-state index in [9.17, 15) is 14.4 Å². The van der Waals surface area contributed by atoms with Gasteiger partial charge in [-0.2, -0.15) is 12.6 Å². The molecule has 1 aliphatic heterocycles. The van der Waals surface area contributed by atoms with Crippen LogP contribution in [0.2, 0.25) is 5.02 Å². The molecule has 1 aromatic carbocycles. The number of ether oxygens (including phenoxy) is 3. The predicted molar refractivity (Wildman–Crippen MR) is 189 cm³/mol. The molecule has 2 rings (SSSR count). The predicted octanol–water partition coefficient (Wildman–Crippen LogP) is 8.45. The topological polar surface area (TPSA) is 82.1 Å². The van der Waals surface area contributed by atoms with Gasteiger partial charge in [-0.05, 0) is 68.6 Å². The zero-order chi connectivity index (χ0) is 33.4. The molecule has 46 heavy (non-hydrogen) atoms. The molecule has 1 saturated heterocycles. The number of thiol groups is 1. The summed E-state index contributed by atoms with van der Waals surface area (Å²) >= 11 is 11.0. The third kappa shape index (κ3) is 15.8. The highest BCUT2D eigenvalue weighted by Crippen LogP contribution is 2.33. The second-order valence-corrected chi connectivity index (χ2v) is 11.7. The van der Waals surface area contributed by atoms with Crippen molar-refractivity contribution in [3.05, 3.63) is 107 Å². The fourth-order valence-corrected chi connectivity index (χ4v) is 5.20. The van der Waals surface area contributed by atoms with Crippen LogP contribution in [0.3, 0.4) is 0 Å². The zero-order valence-corrected chi connectivity index (χ0v) is 28.7. The van der Waals surface area contributed by atoms with Crippen molar-refractivity contribution >= 4 is 42.1 Å². The van der Waals surface area contributed by atoms with Gasteiger partial charge in [-0.3, -0.25) is 9.69 Å². The molecule has 2 atom stereocenters. The van der Waals surface area contributed by atoms with Crippen LogP contribution in [-0.2, 0) is 28.6 Å². The van der Waals surface area contributed by atoms with Gasteiger partial charge in [-0.25, -0.2) is 9.59 Å². The smallest absolute Gasteiger partial charge is 0.333 e. The fourth-order valence-electron chi connectivity index (χ4n) is 4.69. The number of hydrogen-bond acceptors (Lipinski definition) is 8. The lowest BCUT2D eigenvalue weighted by molar-refractivity contribution is -0.164. The maximum Gasteiger partial charge on any atom is 0.333 e. The van der Waals surface area contributed by atoms with Crippen LogP contribution in [0.25, 0.3) is 0 Å². The van der Waals surface area contributed by atoms with E-state index >= 15 is 0 Å². The number of benzene rings is 1. The number of rotatable bonds is 19. The molecule has 1 heterocycles. The molecule has 9 heteroatoms. The van der Waals surface area contributed by atoms with Crippen molar-refractivity contribution in [2.24, 2.45) is 0 Å². The molecule has 7 nitrogen and oxygen atoms in total. The number of hydrogen-bond donors (Lipinski definition) is 1. The van der Waals surface area contributed by atoms with Gasteiger partial charge in [0.05, 0.1) is 7.11 Å². The molecule has 250 valence electrons. The highest BCUT2D eigenvalue weighted by atomic mass is 35.5. The Labute approximate surface area is 285 Å². The second kappa shape index (κ2) is 23.9. The van der Waals surface area contributed by atoms with Gasteiger partial charge in [-0.15, -0.1) is 0 Å². The first-order valence-corrected chi connectivity index (χ1v) is 16.8. The SMILES string of the molecule is CC/C=C\C/C=C\C/C=C\C/C=C\C/C=C\CCCC(=O)OCOC(=O)/C=C1/CN([C@H](C(=O)OC)c2ccccc2Cl)CCC1S. The number of carbonyl (C=O) groups is 3. The third-order valence-corrected chi connectivity index (χ3v) is 8.06. The van der Waals surface area contributed by atoms with Crippen LogP contribution < -0.4 is 0 Å². The van der Waals surface area contributed by atoms with E-state index in [1.807, 2.05) is 11.0 Å². The van der Waals surface area contributed by atoms with Gasteiger partial charge in [0, 0.05) is 35.9 Å². The van der Waals surface area contributed by atoms with E-state index in [2.05, 4.69) is 80.3 Å². The maximum absolute atomic E-state index is 12.7. The molecule has 0 aliphatic carbocycles. The van der Waals surface area contributed by atoms with Crippen LogP contribution in [0.5, 0.6) is 0 Å².